The number of methoxy groups -OCH3 is 1. The topological polar surface area (TPSA) is 86.2 Å². The van der Waals surface area contributed by atoms with Crippen molar-refractivity contribution < 1.29 is 23.8 Å². The molecule has 3 rings (SSSR count). The third-order valence-electron chi connectivity index (χ3n) is 4.91. The lowest BCUT2D eigenvalue weighted by atomic mass is 10.1. The van der Waals surface area contributed by atoms with Crippen LogP contribution in [0.2, 0.25) is 0 Å². The second kappa shape index (κ2) is 12.8. The predicted octanol–water partition coefficient (Wildman–Crippen LogP) is 4.79. The van der Waals surface area contributed by atoms with Crippen LogP contribution < -0.4 is 19.6 Å². The minimum absolute atomic E-state index is 0.149. The van der Waals surface area contributed by atoms with Crippen LogP contribution in [0.25, 0.3) is 0 Å². The second-order valence-corrected chi connectivity index (χ2v) is 7.50. The monoisotopic (exact) mass is 460 g/mol. The van der Waals surface area contributed by atoms with Gasteiger partial charge in [-0.25, -0.2) is 10.2 Å². The number of nitrogens with one attached hydrogen (secondary N) is 1. The summed E-state index contributed by atoms with van der Waals surface area (Å²) in [7, 11) is 1.48. The van der Waals surface area contributed by atoms with E-state index in [-0.39, 0.29) is 18.3 Å². The highest BCUT2D eigenvalue weighted by molar-refractivity contribution is 5.91. The molecule has 0 spiro atoms. The van der Waals surface area contributed by atoms with E-state index < -0.39 is 5.97 Å². The Hall–Kier alpha value is -4.13. The molecule has 1 N–H and O–H groups in total. The van der Waals surface area contributed by atoms with Gasteiger partial charge in [0, 0.05) is 0 Å². The van der Waals surface area contributed by atoms with Gasteiger partial charge in [0.15, 0.2) is 18.1 Å². The summed E-state index contributed by atoms with van der Waals surface area (Å²) >= 11 is 0. The summed E-state index contributed by atoms with van der Waals surface area (Å²) in [6.07, 6.45) is 4.80. The molecule has 0 saturated heterocycles. The van der Waals surface area contributed by atoms with Gasteiger partial charge in [-0.3, -0.25) is 4.79 Å². The van der Waals surface area contributed by atoms with Gasteiger partial charge in [-0.2, -0.15) is 5.10 Å². The Kier molecular flexibility index (Phi) is 9.22. The number of esters is 1. The smallest absolute Gasteiger partial charge is 0.343 e. The summed E-state index contributed by atoms with van der Waals surface area (Å²) in [5, 5.41) is 3.95. The van der Waals surface area contributed by atoms with E-state index in [1.54, 1.807) is 42.5 Å². The zero-order valence-corrected chi connectivity index (χ0v) is 19.3. The van der Waals surface area contributed by atoms with Gasteiger partial charge in [0.05, 0.1) is 18.9 Å². The van der Waals surface area contributed by atoms with Crippen molar-refractivity contribution in [3.8, 4) is 17.2 Å². The first-order chi connectivity index (χ1) is 16.6. The standard InChI is InChI=1S/C27H28N2O5/c1-3-4-8-20-11-14-23(15-12-20)33-19-26(30)29-28-18-21-13-16-24(25(17-21)32-2)34-27(31)22-9-6-5-7-10-22/h5-7,9-18H,3-4,8,19H2,1-2H3,(H,29,30). The lowest BCUT2D eigenvalue weighted by Gasteiger charge is -2.10. The molecule has 0 fully saturated rings. The minimum atomic E-state index is -0.483. The summed E-state index contributed by atoms with van der Waals surface area (Å²) in [6.45, 7) is 2.01. The normalized spacial score (nSPS) is 10.6. The Bertz CT molecular complexity index is 1110. The summed E-state index contributed by atoms with van der Waals surface area (Å²) in [6, 6.07) is 21.4. The van der Waals surface area contributed by atoms with Gasteiger partial charge in [0.25, 0.3) is 5.91 Å². The molecule has 0 aliphatic heterocycles. The number of hydrazone groups is 1. The fourth-order valence-corrected chi connectivity index (χ4v) is 3.08. The second-order valence-electron chi connectivity index (χ2n) is 7.50. The quantitative estimate of drug-likeness (QED) is 0.193. The largest absolute Gasteiger partial charge is 0.493 e. The van der Waals surface area contributed by atoms with E-state index in [1.807, 2.05) is 30.3 Å². The number of carbonyl (C=O) groups excluding carboxylic acids is 2. The summed E-state index contributed by atoms with van der Waals surface area (Å²) in [5.74, 6) is 0.413. The fraction of sp³-hybridized carbons (Fsp3) is 0.222. The van der Waals surface area contributed by atoms with E-state index in [9.17, 15) is 9.59 Å². The van der Waals surface area contributed by atoms with Crippen LogP contribution in [0, 0.1) is 0 Å². The molecule has 7 nitrogen and oxygen atoms in total. The lowest BCUT2D eigenvalue weighted by Crippen LogP contribution is -2.24. The van der Waals surface area contributed by atoms with Crippen LogP contribution in [-0.4, -0.2) is 31.8 Å². The van der Waals surface area contributed by atoms with Gasteiger partial charge in [0.1, 0.15) is 5.75 Å². The first-order valence-corrected chi connectivity index (χ1v) is 11.1. The van der Waals surface area contributed by atoms with Crippen LogP contribution in [0.3, 0.4) is 0 Å². The number of carbonyl (C=O) groups is 2. The van der Waals surface area contributed by atoms with Crippen LogP contribution in [0.15, 0.2) is 77.9 Å². The highest BCUT2D eigenvalue weighted by Crippen LogP contribution is 2.28. The number of unbranched alkanes of at least 4 members (excludes halogenated alkanes) is 1. The van der Waals surface area contributed by atoms with Gasteiger partial charge in [0.2, 0.25) is 0 Å². The van der Waals surface area contributed by atoms with Crippen molar-refractivity contribution in [2.75, 3.05) is 13.7 Å². The van der Waals surface area contributed by atoms with Crippen LogP contribution in [0.5, 0.6) is 17.2 Å². The molecular weight excluding hydrogens is 432 g/mol. The third-order valence-corrected chi connectivity index (χ3v) is 4.91. The minimum Gasteiger partial charge on any atom is -0.493 e. The van der Waals surface area contributed by atoms with Crippen molar-refractivity contribution in [2.45, 2.75) is 26.2 Å². The molecule has 0 saturated carbocycles. The number of amides is 1. The Labute approximate surface area is 199 Å². The van der Waals surface area contributed by atoms with Crippen LogP contribution in [0.4, 0.5) is 0 Å². The van der Waals surface area contributed by atoms with Gasteiger partial charge in [-0.15, -0.1) is 0 Å². The number of ether oxygens (including phenoxy) is 3. The van der Waals surface area contributed by atoms with Crippen molar-refractivity contribution >= 4 is 18.1 Å². The number of aryl methyl sites for hydroxylation is 1. The highest BCUT2D eigenvalue weighted by atomic mass is 16.6. The molecule has 0 heterocycles. The van der Waals surface area contributed by atoms with Crippen molar-refractivity contribution in [3.63, 3.8) is 0 Å². The molecule has 0 unspecified atom stereocenters. The van der Waals surface area contributed by atoms with Crippen molar-refractivity contribution in [2.24, 2.45) is 5.10 Å². The van der Waals surface area contributed by atoms with E-state index in [0.29, 0.717) is 22.6 Å². The summed E-state index contributed by atoms with van der Waals surface area (Å²) < 4.78 is 16.2. The van der Waals surface area contributed by atoms with Crippen LogP contribution in [-0.2, 0) is 11.2 Å². The molecule has 0 atom stereocenters. The molecule has 0 aliphatic carbocycles. The first-order valence-electron chi connectivity index (χ1n) is 11.1. The number of rotatable bonds is 11. The molecule has 0 radical (unpaired) electrons. The van der Waals surface area contributed by atoms with Crippen molar-refractivity contribution in [1.82, 2.24) is 5.43 Å². The molecular formula is C27H28N2O5. The van der Waals surface area contributed by atoms with Crippen LogP contribution >= 0.6 is 0 Å². The molecule has 1 amide bonds. The Morgan fingerprint density at radius 1 is 0.971 bits per heavy atom. The summed E-state index contributed by atoms with van der Waals surface area (Å²) in [4.78, 5) is 24.3. The molecule has 3 aromatic carbocycles. The van der Waals surface area contributed by atoms with E-state index in [4.69, 9.17) is 14.2 Å². The molecule has 0 aliphatic rings. The lowest BCUT2D eigenvalue weighted by molar-refractivity contribution is -0.123. The number of hydrogen-bond donors (Lipinski definition) is 1. The van der Waals surface area contributed by atoms with E-state index in [2.05, 4.69) is 17.5 Å². The third kappa shape index (κ3) is 7.48. The molecule has 3 aromatic rings. The van der Waals surface area contributed by atoms with Gasteiger partial charge >= 0.3 is 5.97 Å². The molecule has 7 heteroatoms. The Balaban J connectivity index is 1.50. The van der Waals surface area contributed by atoms with Gasteiger partial charge < -0.3 is 14.2 Å². The molecule has 34 heavy (non-hydrogen) atoms. The average molecular weight is 461 g/mol. The zero-order valence-electron chi connectivity index (χ0n) is 19.3. The van der Waals surface area contributed by atoms with E-state index in [1.165, 1.54) is 18.9 Å². The number of benzene rings is 3. The van der Waals surface area contributed by atoms with Gasteiger partial charge in [-0.05, 0) is 66.4 Å². The van der Waals surface area contributed by atoms with Crippen LogP contribution in [0.1, 0.15) is 41.3 Å². The van der Waals surface area contributed by atoms with Gasteiger partial charge in [-0.1, -0.05) is 43.7 Å². The maximum absolute atomic E-state index is 12.3. The SMILES string of the molecule is CCCCc1ccc(OCC(=O)NN=Cc2ccc(OC(=O)c3ccccc3)c(OC)c2)cc1. The molecule has 176 valence electrons. The van der Waals surface area contributed by atoms with Crippen molar-refractivity contribution in [1.29, 1.82) is 0 Å². The summed E-state index contributed by atoms with van der Waals surface area (Å²) in [5.41, 5.74) is 4.77. The Morgan fingerprint density at radius 2 is 1.74 bits per heavy atom. The first kappa shape index (κ1) is 24.5. The fourth-order valence-electron chi connectivity index (χ4n) is 3.08. The zero-order chi connectivity index (χ0) is 24.2. The number of hydrogen-bond acceptors (Lipinski definition) is 6. The average Bonchev–Trinajstić information content (AvgIpc) is 2.88. The molecule has 0 bridgehead atoms. The highest BCUT2D eigenvalue weighted by Gasteiger charge is 2.12. The predicted molar refractivity (Wildman–Crippen MR) is 131 cm³/mol. The maximum Gasteiger partial charge on any atom is 0.343 e. The Morgan fingerprint density at radius 3 is 2.44 bits per heavy atom. The van der Waals surface area contributed by atoms with E-state index >= 15 is 0 Å². The number of nitrogens with zero attached hydrogens (tertiary/aromatic N) is 1. The van der Waals surface area contributed by atoms with E-state index in [0.717, 1.165) is 19.3 Å². The molecule has 0 aromatic heterocycles. The van der Waals surface area contributed by atoms with Crippen molar-refractivity contribution in [3.05, 3.63) is 89.5 Å². The maximum atomic E-state index is 12.3.